The zero-order valence-electron chi connectivity index (χ0n) is 6.00. The van der Waals surface area contributed by atoms with E-state index < -0.39 is 0 Å². The molecule has 1 aromatic rings. The SMILES string of the molecule is Cc1cc(SC=O)ccc1Cl. The Morgan fingerprint density at radius 1 is 1.55 bits per heavy atom. The van der Waals surface area contributed by atoms with Crippen LogP contribution in [-0.2, 0) is 4.79 Å². The molecule has 0 radical (unpaired) electrons. The van der Waals surface area contributed by atoms with Crippen molar-refractivity contribution in [3.63, 3.8) is 0 Å². The van der Waals surface area contributed by atoms with Crippen LogP contribution in [0.5, 0.6) is 0 Å². The molecule has 0 aliphatic heterocycles. The predicted octanol–water partition coefficient (Wildman–Crippen LogP) is 2.93. The summed E-state index contributed by atoms with van der Waals surface area (Å²) in [5.74, 6) is 0. The first-order valence-corrected chi connectivity index (χ1v) is 4.36. The zero-order valence-corrected chi connectivity index (χ0v) is 7.58. The Morgan fingerprint density at radius 2 is 2.27 bits per heavy atom. The molecule has 0 bridgehead atoms. The summed E-state index contributed by atoms with van der Waals surface area (Å²) in [6.45, 7) is 1.91. The first-order chi connectivity index (χ1) is 5.24. The van der Waals surface area contributed by atoms with Crippen LogP contribution >= 0.6 is 23.4 Å². The highest BCUT2D eigenvalue weighted by Gasteiger charge is 1.96. The molecule has 0 spiro atoms. The maximum absolute atomic E-state index is 10.1. The summed E-state index contributed by atoms with van der Waals surface area (Å²) in [7, 11) is 0. The van der Waals surface area contributed by atoms with Crippen molar-refractivity contribution in [3.8, 4) is 0 Å². The maximum atomic E-state index is 10.1. The van der Waals surface area contributed by atoms with Gasteiger partial charge in [0.25, 0.3) is 0 Å². The van der Waals surface area contributed by atoms with E-state index >= 15 is 0 Å². The van der Waals surface area contributed by atoms with Gasteiger partial charge < -0.3 is 0 Å². The number of thioether (sulfide) groups is 1. The van der Waals surface area contributed by atoms with Gasteiger partial charge in [0, 0.05) is 9.92 Å². The second kappa shape index (κ2) is 3.79. The fourth-order valence-electron chi connectivity index (χ4n) is 0.746. The fourth-order valence-corrected chi connectivity index (χ4v) is 1.37. The molecule has 0 unspecified atom stereocenters. The molecule has 3 heteroatoms. The van der Waals surface area contributed by atoms with Crippen molar-refractivity contribution in [2.24, 2.45) is 0 Å². The molecule has 0 amide bonds. The number of hydrogen-bond acceptors (Lipinski definition) is 2. The molecule has 0 saturated carbocycles. The molecule has 0 aliphatic rings. The van der Waals surface area contributed by atoms with Crippen molar-refractivity contribution in [1.29, 1.82) is 0 Å². The van der Waals surface area contributed by atoms with Crippen LogP contribution in [0.15, 0.2) is 23.1 Å². The Labute approximate surface area is 74.7 Å². The highest BCUT2D eigenvalue weighted by Crippen LogP contribution is 2.21. The van der Waals surface area contributed by atoms with Crippen molar-refractivity contribution in [1.82, 2.24) is 0 Å². The van der Waals surface area contributed by atoms with Crippen LogP contribution in [0.25, 0.3) is 0 Å². The van der Waals surface area contributed by atoms with Crippen molar-refractivity contribution in [3.05, 3.63) is 28.8 Å². The average Bonchev–Trinajstić information content (AvgIpc) is 1.98. The van der Waals surface area contributed by atoms with Gasteiger partial charge in [-0.3, -0.25) is 4.79 Å². The Hall–Kier alpha value is -0.470. The number of carbonyl (C=O) groups excluding carboxylic acids is 1. The number of carbonyl (C=O) groups is 1. The molecule has 1 rings (SSSR count). The molecular weight excluding hydrogens is 180 g/mol. The number of rotatable bonds is 2. The molecule has 0 N–H and O–H groups in total. The fraction of sp³-hybridized carbons (Fsp3) is 0.125. The third-order valence-electron chi connectivity index (χ3n) is 1.31. The van der Waals surface area contributed by atoms with E-state index in [0.29, 0.717) is 0 Å². The molecule has 0 atom stereocenters. The molecule has 0 fully saturated rings. The number of hydrogen-bond donors (Lipinski definition) is 0. The van der Waals surface area contributed by atoms with Crippen molar-refractivity contribution < 1.29 is 4.79 Å². The van der Waals surface area contributed by atoms with Crippen LogP contribution in [-0.4, -0.2) is 5.62 Å². The highest BCUT2D eigenvalue weighted by molar-refractivity contribution is 8.11. The molecule has 0 saturated heterocycles. The average molecular weight is 187 g/mol. The third kappa shape index (κ3) is 2.24. The van der Waals surface area contributed by atoms with Crippen LogP contribution in [0, 0.1) is 6.92 Å². The van der Waals surface area contributed by atoms with Gasteiger partial charge in [0.15, 0.2) is 5.62 Å². The summed E-state index contributed by atoms with van der Waals surface area (Å²) in [6.07, 6.45) is 0. The van der Waals surface area contributed by atoms with Gasteiger partial charge in [-0.25, -0.2) is 0 Å². The van der Waals surface area contributed by atoms with Gasteiger partial charge in [-0.05, 0) is 30.7 Å². The van der Waals surface area contributed by atoms with E-state index in [1.807, 2.05) is 19.1 Å². The maximum Gasteiger partial charge on any atom is 0.180 e. The van der Waals surface area contributed by atoms with Gasteiger partial charge in [-0.1, -0.05) is 23.4 Å². The lowest BCUT2D eigenvalue weighted by Gasteiger charge is -1.98. The quantitative estimate of drug-likeness (QED) is 0.522. The molecule has 11 heavy (non-hydrogen) atoms. The van der Waals surface area contributed by atoms with Gasteiger partial charge in [-0.2, -0.15) is 0 Å². The Morgan fingerprint density at radius 3 is 2.82 bits per heavy atom. The standard InChI is InChI=1S/C8H7ClOS/c1-6-4-7(11-5-10)2-3-8(6)9/h2-5H,1H3. The number of halogens is 1. The lowest BCUT2D eigenvalue weighted by atomic mass is 10.2. The van der Waals surface area contributed by atoms with E-state index in [2.05, 4.69) is 0 Å². The van der Waals surface area contributed by atoms with Gasteiger partial charge in [0.2, 0.25) is 0 Å². The number of benzene rings is 1. The topological polar surface area (TPSA) is 17.1 Å². The largest absolute Gasteiger partial charge is 0.291 e. The van der Waals surface area contributed by atoms with Gasteiger partial charge in [0.05, 0.1) is 0 Å². The minimum absolute atomic E-state index is 0.736. The zero-order chi connectivity index (χ0) is 8.27. The predicted molar refractivity (Wildman–Crippen MR) is 48.8 cm³/mol. The summed E-state index contributed by atoms with van der Waals surface area (Å²) < 4.78 is 0. The van der Waals surface area contributed by atoms with Crippen LogP contribution in [0.2, 0.25) is 5.02 Å². The molecule has 58 valence electrons. The van der Waals surface area contributed by atoms with Crippen molar-refractivity contribution in [2.75, 3.05) is 0 Å². The van der Waals surface area contributed by atoms with Crippen molar-refractivity contribution in [2.45, 2.75) is 11.8 Å². The minimum Gasteiger partial charge on any atom is -0.291 e. The van der Waals surface area contributed by atoms with Crippen molar-refractivity contribution >= 4 is 29.0 Å². The first kappa shape index (κ1) is 8.62. The summed E-state index contributed by atoms with van der Waals surface area (Å²) in [5.41, 5.74) is 1.81. The molecule has 0 aliphatic carbocycles. The van der Waals surface area contributed by atoms with Gasteiger partial charge in [-0.15, -0.1) is 0 Å². The summed E-state index contributed by atoms with van der Waals surface area (Å²) >= 11 is 6.94. The van der Waals surface area contributed by atoms with E-state index in [9.17, 15) is 4.79 Å². The molecule has 1 nitrogen and oxygen atoms in total. The second-order valence-corrected chi connectivity index (χ2v) is 3.43. The Balaban J connectivity index is 2.95. The normalized spacial score (nSPS) is 9.64. The number of aryl methyl sites for hydroxylation is 1. The molecule has 1 aromatic carbocycles. The van der Waals surface area contributed by atoms with E-state index in [-0.39, 0.29) is 0 Å². The Bertz CT molecular complexity index is 273. The van der Waals surface area contributed by atoms with Gasteiger partial charge in [0.1, 0.15) is 0 Å². The molecular formula is C8H7ClOS. The summed E-state index contributed by atoms with van der Waals surface area (Å²) in [5, 5.41) is 0.736. The van der Waals surface area contributed by atoms with Crippen LogP contribution in [0.4, 0.5) is 0 Å². The van der Waals surface area contributed by atoms with E-state index in [1.165, 1.54) is 0 Å². The monoisotopic (exact) mass is 186 g/mol. The van der Waals surface area contributed by atoms with Crippen LogP contribution in [0.1, 0.15) is 5.56 Å². The van der Waals surface area contributed by atoms with Crippen LogP contribution < -0.4 is 0 Å². The molecule has 0 aromatic heterocycles. The van der Waals surface area contributed by atoms with E-state index in [4.69, 9.17) is 11.6 Å². The second-order valence-electron chi connectivity index (χ2n) is 2.13. The van der Waals surface area contributed by atoms with Crippen LogP contribution in [0.3, 0.4) is 0 Å². The first-order valence-electron chi connectivity index (χ1n) is 3.10. The Kier molecular flexibility index (Phi) is 2.97. The van der Waals surface area contributed by atoms with E-state index in [0.717, 1.165) is 32.9 Å². The molecule has 0 heterocycles. The smallest absolute Gasteiger partial charge is 0.180 e. The third-order valence-corrected chi connectivity index (χ3v) is 2.36. The van der Waals surface area contributed by atoms with E-state index in [1.54, 1.807) is 6.07 Å². The highest BCUT2D eigenvalue weighted by atomic mass is 35.5. The minimum atomic E-state index is 0.736. The summed E-state index contributed by atoms with van der Waals surface area (Å²) in [4.78, 5) is 11.0. The lowest BCUT2D eigenvalue weighted by Crippen LogP contribution is -1.76. The lowest BCUT2D eigenvalue weighted by molar-refractivity contribution is 0.570. The van der Waals surface area contributed by atoms with Gasteiger partial charge >= 0.3 is 0 Å². The summed E-state index contributed by atoms with van der Waals surface area (Å²) in [6, 6.07) is 5.51.